The highest BCUT2D eigenvalue weighted by Crippen LogP contribution is 2.29. The summed E-state index contributed by atoms with van der Waals surface area (Å²) >= 11 is 1.25. The number of thioether (sulfide) groups is 1. The van der Waals surface area contributed by atoms with Crippen LogP contribution in [0.25, 0.3) is 11.3 Å². The van der Waals surface area contributed by atoms with Crippen LogP contribution in [0.5, 0.6) is 11.5 Å². The molecule has 0 amide bonds. The number of rotatable bonds is 4. The van der Waals surface area contributed by atoms with E-state index in [4.69, 9.17) is 9.47 Å². The summed E-state index contributed by atoms with van der Waals surface area (Å²) in [4.78, 5) is 8.41. The van der Waals surface area contributed by atoms with Crippen LogP contribution >= 0.6 is 11.8 Å². The zero-order valence-corrected chi connectivity index (χ0v) is 13.8. The molecule has 3 heterocycles. The summed E-state index contributed by atoms with van der Waals surface area (Å²) < 4.78 is 10.8. The Balaban J connectivity index is 1.70. The minimum atomic E-state index is -1.22. The Kier molecular flexibility index (Phi) is 5.20. The SMILES string of the molecule is COc1cncc(-c2ccc(O[C@H]3SC[C@@H](O)[C@H](O)[C@H]3O)cn2)c1. The quantitative estimate of drug-likeness (QED) is 0.740. The van der Waals surface area contributed by atoms with Crippen molar-refractivity contribution in [1.29, 1.82) is 0 Å². The molecule has 0 radical (unpaired) electrons. The zero-order chi connectivity index (χ0) is 17.1. The molecule has 7 nitrogen and oxygen atoms in total. The number of hydrogen-bond acceptors (Lipinski definition) is 8. The first-order valence-electron chi connectivity index (χ1n) is 7.36. The third-order valence-corrected chi connectivity index (χ3v) is 4.93. The van der Waals surface area contributed by atoms with Crippen LogP contribution in [-0.2, 0) is 0 Å². The smallest absolute Gasteiger partial charge is 0.173 e. The monoisotopic (exact) mass is 350 g/mol. The second kappa shape index (κ2) is 7.35. The molecular weight excluding hydrogens is 332 g/mol. The van der Waals surface area contributed by atoms with Crippen LogP contribution in [0.4, 0.5) is 0 Å². The molecule has 4 atom stereocenters. The number of aromatic nitrogens is 2. The fourth-order valence-corrected chi connectivity index (χ4v) is 3.43. The van der Waals surface area contributed by atoms with Crippen LogP contribution in [0.3, 0.4) is 0 Å². The first-order chi connectivity index (χ1) is 11.6. The predicted octanol–water partition coefficient (Wildman–Crippen LogP) is 0.687. The fraction of sp³-hybridized carbons (Fsp3) is 0.375. The highest BCUT2D eigenvalue weighted by atomic mass is 32.2. The second-order valence-corrected chi connectivity index (χ2v) is 6.49. The van der Waals surface area contributed by atoms with Gasteiger partial charge in [-0.25, -0.2) is 0 Å². The lowest BCUT2D eigenvalue weighted by molar-refractivity contribution is -0.0786. The van der Waals surface area contributed by atoms with Gasteiger partial charge in [0.05, 0.1) is 31.3 Å². The van der Waals surface area contributed by atoms with Gasteiger partial charge >= 0.3 is 0 Å². The summed E-state index contributed by atoms with van der Waals surface area (Å²) in [6.07, 6.45) is 1.50. The lowest BCUT2D eigenvalue weighted by Gasteiger charge is -2.34. The molecule has 0 saturated carbocycles. The van der Waals surface area contributed by atoms with Crippen molar-refractivity contribution in [3.8, 4) is 22.8 Å². The van der Waals surface area contributed by atoms with Crippen molar-refractivity contribution in [2.45, 2.75) is 23.7 Å². The summed E-state index contributed by atoms with van der Waals surface area (Å²) in [5.41, 5.74) is 0.863. The molecule has 0 bridgehead atoms. The van der Waals surface area contributed by atoms with Crippen molar-refractivity contribution in [3.05, 3.63) is 36.8 Å². The van der Waals surface area contributed by atoms with E-state index in [0.29, 0.717) is 22.9 Å². The highest BCUT2D eigenvalue weighted by Gasteiger charge is 2.38. The third-order valence-electron chi connectivity index (χ3n) is 3.69. The number of aliphatic hydroxyl groups is 3. The summed E-state index contributed by atoms with van der Waals surface area (Å²) in [7, 11) is 1.57. The van der Waals surface area contributed by atoms with E-state index in [1.165, 1.54) is 11.8 Å². The molecule has 1 saturated heterocycles. The van der Waals surface area contributed by atoms with Crippen LogP contribution in [0.2, 0.25) is 0 Å². The van der Waals surface area contributed by atoms with Gasteiger partial charge in [0, 0.05) is 17.5 Å². The minimum absolute atomic E-state index is 0.296. The van der Waals surface area contributed by atoms with E-state index in [2.05, 4.69) is 9.97 Å². The molecule has 2 aromatic heterocycles. The Morgan fingerprint density at radius 3 is 2.62 bits per heavy atom. The van der Waals surface area contributed by atoms with Crippen LogP contribution in [0.15, 0.2) is 36.8 Å². The zero-order valence-electron chi connectivity index (χ0n) is 12.9. The molecule has 8 heteroatoms. The van der Waals surface area contributed by atoms with E-state index in [1.54, 1.807) is 37.8 Å². The van der Waals surface area contributed by atoms with Gasteiger partial charge in [0.15, 0.2) is 5.44 Å². The van der Waals surface area contributed by atoms with E-state index >= 15 is 0 Å². The van der Waals surface area contributed by atoms with Crippen LogP contribution in [0, 0.1) is 0 Å². The van der Waals surface area contributed by atoms with Gasteiger partial charge in [0.2, 0.25) is 0 Å². The normalized spacial score (nSPS) is 26.8. The van der Waals surface area contributed by atoms with Gasteiger partial charge in [-0.05, 0) is 18.2 Å². The van der Waals surface area contributed by atoms with E-state index in [0.717, 1.165) is 5.56 Å². The maximum atomic E-state index is 9.96. The van der Waals surface area contributed by atoms with Crippen molar-refractivity contribution < 1.29 is 24.8 Å². The van der Waals surface area contributed by atoms with Gasteiger partial charge < -0.3 is 24.8 Å². The molecule has 0 aromatic carbocycles. The highest BCUT2D eigenvalue weighted by molar-refractivity contribution is 7.99. The van der Waals surface area contributed by atoms with Gasteiger partial charge in [-0.15, -0.1) is 11.8 Å². The maximum Gasteiger partial charge on any atom is 0.173 e. The molecule has 3 rings (SSSR count). The summed E-state index contributed by atoms with van der Waals surface area (Å²) in [6, 6.07) is 5.33. The molecule has 2 aromatic rings. The number of hydrogen-bond donors (Lipinski definition) is 3. The van der Waals surface area contributed by atoms with Crippen molar-refractivity contribution in [2.24, 2.45) is 0 Å². The Labute approximate surface area is 143 Å². The second-order valence-electron chi connectivity index (χ2n) is 5.36. The lowest BCUT2D eigenvalue weighted by atomic mass is 10.1. The van der Waals surface area contributed by atoms with Crippen molar-refractivity contribution in [2.75, 3.05) is 12.9 Å². The average Bonchev–Trinajstić information content (AvgIpc) is 2.63. The molecule has 0 unspecified atom stereocenters. The summed E-state index contributed by atoms with van der Waals surface area (Å²) in [5, 5.41) is 29.2. The number of ether oxygens (including phenoxy) is 2. The Morgan fingerprint density at radius 1 is 1.08 bits per heavy atom. The number of methoxy groups -OCH3 is 1. The fourth-order valence-electron chi connectivity index (χ4n) is 2.31. The summed E-state index contributed by atoms with van der Waals surface area (Å²) in [6.45, 7) is 0. The molecule has 1 aliphatic heterocycles. The first kappa shape index (κ1) is 17.0. The van der Waals surface area contributed by atoms with E-state index in [9.17, 15) is 15.3 Å². The molecule has 24 heavy (non-hydrogen) atoms. The maximum absolute atomic E-state index is 9.96. The van der Waals surface area contributed by atoms with Crippen LogP contribution < -0.4 is 9.47 Å². The number of aliphatic hydroxyl groups excluding tert-OH is 3. The predicted molar refractivity (Wildman–Crippen MR) is 88.9 cm³/mol. The van der Waals surface area contributed by atoms with E-state index in [-0.39, 0.29) is 0 Å². The molecule has 1 aliphatic rings. The van der Waals surface area contributed by atoms with Gasteiger partial charge in [-0.1, -0.05) is 0 Å². The molecular formula is C16H18N2O5S. The van der Waals surface area contributed by atoms with E-state index < -0.39 is 23.7 Å². The van der Waals surface area contributed by atoms with Crippen molar-refractivity contribution in [3.63, 3.8) is 0 Å². The number of pyridine rings is 2. The van der Waals surface area contributed by atoms with E-state index in [1.807, 2.05) is 6.07 Å². The molecule has 0 spiro atoms. The average molecular weight is 350 g/mol. The van der Waals surface area contributed by atoms with Gasteiger partial charge in [-0.3, -0.25) is 9.97 Å². The topological polar surface area (TPSA) is 105 Å². The van der Waals surface area contributed by atoms with Crippen molar-refractivity contribution in [1.82, 2.24) is 9.97 Å². The Morgan fingerprint density at radius 2 is 1.92 bits per heavy atom. The third kappa shape index (κ3) is 3.62. The lowest BCUT2D eigenvalue weighted by Crippen LogP contribution is -2.50. The van der Waals surface area contributed by atoms with Gasteiger partial charge in [0.1, 0.15) is 23.7 Å². The van der Waals surface area contributed by atoms with Crippen LogP contribution in [-0.4, -0.2) is 61.9 Å². The summed E-state index contributed by atoms with van der Waals surface area (Å²) in [5.74, 6) is 1.41. The standard InChI is InChI=1S/C16H18N2O5S/c1-22-11-4-9(5-17-6-11)12-3-2-10(7-18-12)23-16-15(21)14(20)13(19)8-24-16/h2-7,13-16,19-21H,8H2,1H3/t13-,14+,15-,16+/m1/s1. The van der Waals surface area contributed by atoms with Crippen molar-refractivity contribution >= 4 is 11.8 Å². The minimum Gasteiger partial charge on any atom is -0.495 e. The molecule has 3 N–H and O–H groups in total. The Bertz CT molecular complexity index is 684. The first-order valence-corrected chi connectivity index (χ1v) is 8.41. The Hall–Kier alpha value is -1.87. The number of nitrogens with zero attached hydrogens (tertiary/aromatic N) is 2. The molecule has 0 aliphatic carbocycles. The van der Waals surface area contributed by atoms with Crippen LogP contribution in [0.1, 0.15) is 0 Å². The molecule has 1 fully saturated rings. The van der Waals surface area contributed by atoms with Gasteiger partial charge in [0.25, 0.3) is 0 Å². The van der Waals surface area contributed by atoms with Gasteiger partial charge in [-0.2, -0.15) is 0 Å². The molecule has 128 valence electrons. The largest absolute Gasteiger partial charge is 0.495 e.